The van der Waals surface area contributed by atoms with Crippen LogP contribution in [0.1, 0.15) is 32.6 Å². The summed E-state index contributed by atoms with van der Waals surface area (Å²) in [6.45, 7) is -3.20. The second kappa shape index (κ2) is 30.7. The molecule has 0 fully saturated rings. The minimum Gasteiger partial charge on any atom is -0.382 e. The summed E-state index contributed by atoms with van der Waals surface area (Å²) in [4.78, 5) is 221. The maximum absolute atomic E-state index is 15.1. The first-order chi connectivity index (χ1) is 44.2. The number of carbonyl (C=O) groups excluding carboxylic acids is 8. The van der Waals surface area contributed by atoms with Crippen molar-refractivity contribution in [2.75, 3.05) is 32.4 Å². The number of carbonyl (C=O) groups is 8. The molecule has 5 heterocycles. The molecule has 2 aromatic carbocycles. The fourth-order valence-corrected chi connectivity index (χ4v) is 9.57. The number of aromatic nitrogens is 10. The van der Waals surface area contributed by atoms with Crippen LogP contribution >= 0.6 is 0 Å². The molecule has 0 aliphatic heterocycles. The second-order valence-corrected chi connectivity index (χ2v) is 21.0. The van der Waals surface area contributed by atoms with Crippen molar-refractivity contribution in [3.63, 3.8) is 0 Å². The van der Waals surface area contributed by atoms with Gasteiger partial charge in [0.2, 0.25) is 47.3 Å². The molecule has 0 unspecified atom stereocenters. The Morgan fingerprint density at radius 1 is 0.559 bits per heavy atom. The van der Waals surface area contributed by atoms with Crippen LogP contribution in [-0.2, 0) is 64.5 Å². The molecule has 8 amide bonds. The average molecular weight is 1290 g/mol. The van der Waals surface area contributed by atoms with E-state index in [1.54, 1.807) is 0 Å². The highest BCUT2D eigenvalue weighted by molar-refractivity contribution is 5.97. The number of nitrogens with one attached hydrogen (secondary N) is 9. The number of fused-ring (bicyclic) bond motifs is 3. The van der Waals surface area contributed by atoms with Crippen molar-refractivity contribution in [1.29, 1.82) is 0 Å². The molecule has 93 heavy (non-hydrogen) atoms. The number of H-pyrrole nitrogens is 3. The molecule has 0 saturated carbocycles. The van der Waals surface area contributed by atoms with Gasteiger partial charge in [0, 0.05) is 39.3 Å². The number of para-hydroxylation sites is 2. The number of primary amides is 1. The third kappa shape index (κ3) is 17.9. The van der Waals surface area contributed by atoms with Crippen molar-refractivity contribution in [1.82, 2.24) is 85.0 Å². The predicted octanol–water partition coefficient (Wildman–Crippen LogP) is -8.65. The van der Waals surface area contributed by atoms with Crippen LogP contribution in [0.4, 0.5) is 5.82 Å². The van der Waals surface area contributed by atoms with Crippen LogP contribution in [0.15, 0.2) is 112 Å². The van der Waals surface area contributed by atoms with Crippen molar-refractivity contribution < 1.29 is 38.4 Å². The fraction of sp³-hybridized carbons (Fsp3) is 0.352. The summed E-state index contributed by atoms with van der Waals surface area (Å²) in [7, 11) is 1.07. The monoisotopic (exact) mass is 1290 g/mol. The molecular formula is C54H67N25O14. The molecule has 0 aliphatic carbocycles. The van der Waals surface area contributed by atoms with E-state index in [9.17, 15) is 57.5 Å². The van der Waals surface area contributed by atoms with Crippen LogP contribution in [-0.4, -0.2) is 175 Å². The van der Waals surface area contributed by atoms with E-state index >= 15 is 9.59 Å². The van der Waals surface area contributed by atoms with Crippen LogP contribution in [0.25, 0.3) is 33.0 Å². The number of nitrogens with zero attached hydrogens (tertiary/aromatic N) is 10. The first-order valence-corrected chi connectivity index (χ1v) is 28.3. The van der Waals surface area contributed by atoms with Crippen LogP contribution in [0.3, 0.4) is 0 Å². The number of nitrogens with two attached hydrogens (primary N) is 6. The molecule has 0 spiro atoms. The molecule has 21 N–H and O–H groups in total. The number of imidazole rings is 1. The summed E-state index contributed by atoms with van der Waals surface area (Å²) in [5, 5.41) is 14.5. The quantitative estimate of drug-likeness (QED) is 0.0113. The summed E-state index contributed by atoms with van der Waals surface area (Å²) in [6.07, 6.45) is 3.36. The third-order valence-electron chi connectivity index (χ3n) is 14.1. The fourth-order valence-electron chi connectivity index (χ4n) is 9.57. The highest BCUT2D eigenvalue weighted by atomic mass is 16.2. The number of aromatic amines is 3. The minimum atomic E-state index is -2.15. The van der Waals surface area contributed by atoms with Gasteiger partial charge in [-0.25, -0.2) is 29.3 Å². The Balaban J connectivity index is 1.26. The van der Waals surface area contributed by atoms with Gasteiger partial charge >= 0.3 is 17.1 Å². The van der Waals surface area contributed by atoms with Gasteiger partial charge in [0.05, 0.1) is 60.9 Å². The van der Waals surface area contributed by atoms with Gasteiger partial charge in [0.1, 0.15) is 48.1 Å². The lowest BCUT2D eigenvalue weighted by Gasteiger charge is -2.28. The normalized spacial score (nSPS) is 13.1. The molecule has 7 rings (SSSR count). The van der Waals surface area contributed by atoms with E-state index in [2.05, 4.69) is 66.8 Å². The summed E-state index contributed by atoms with van der Waals surface area (Å²) in [5.74, 6) is -9.33. The molecule has 492 valence electrons. The van der Waals surface area contributed by atoms with Crippen molar-refractivity contribution in [2.45, 2.75) is 95.0 Å². The summed E-state index contributed by atoms with van der Waals surface area (Å²) in [5.41, 5.74) is 27.7. The number of guanidine groups is 2. The molecule has 6 atom stereocenters. The Morgan fingerprint density at radius 2 is 1.04 bits per heavy atom. The Kier molecular flexibility index (Phi) is 22.5. The van der Waals surface area contributed by atoms with Gasteiger partial charge < -0.3 is 85.7 Å². The first-order valence-electron chi connectivity index (χ1n) is 28.3. The van der Waals surface area contributed by atoms with Gasteiger partial charge in [-0.3, -0.25) is 81.4 Å². The topological polar surface area (TPSA) is 601 Å². The smallest absolute Gasteiger partial charge is 0.328 e. The number of amides is 8. The molecule has 7 aromatic rings. The van der Waals surface area contributed by atoms with Crippen molar-refractivity contribution in [3.8, 4) is 0 Å². The lowest BCUT2D eigenvalue weighted by Crippen LogP contribution is -2.61. The Bertz CT molecular complexity index is 4440. The number of likely N-dealkylation sites (N-methyl/N-ethyl adjacent to an activating group) is 1. The summed E-state index contributed by atoms with van der Waals surface area (Å²) < 4.78 is 3.20. The molecule has 0 aliphatic rings. The zero-order valence-electron chi connectivity index (χ0n) is 49.8. The number of anilines is 1. The van der Waals surface area contributed by atoms with E-state index in [0.717, 1.165) is 42.0 Å². The van der Waals surface area contributed by atoms with Crippen LogP contribution in [0.5, 0.6) is 0 Å². The number of benzene rings is 2. The molecule has 39 heteroatoms. The molecule has 39 nitrogen and oxygen atoms in total. The zero-order chi connectivity index (χ0) is 67.8. The Morgan fingerprint density at radius 3 is 1.57 bits per heavy atom. The molecule has 0 saturated heterocycles. The average Bonchev–Trinajstić information content (AvgIpc) is 1.37. The maximum Gasteiger partial charge on any atom is 0.328 e. The summed E-state index contributed by atoms with van der Waals surface area (Å²) in [6, 6.07) is 1.87. The van der Waals surface area contributed by atoms with E-state index in [0.29, 0.717) is 9.13 Å². The number of hydrogen-bond donors (Lipinski definition) is 15. The predicted molar refractivity (Wildman–Crippen MR) is 333 cm³/mol. The molecule has 5 aromatic heterocycles. The van der Waals surface area contributed by atoms with Gasteiger partial charge in [0.25, 0.3) is 16.7 Å². The van der Waals surface area contributed by atoms with E-state index < -0.39 is 150 Å². The SMILES string of the molecule is CC(=O)N[C@@H](CCCN=C(N)N)C(=O)N[C@@H](Cn1ccc(=O)[nH]c1=O)C(=O)N(C)CC(=O)N[C@@H](Cn1c(=O)[nH]c2ccccc2c1=O)C(=O)N[C@@H](Cn1c(=O)[nH]c2ccccc2c1=O)C(=O)N[C@@H](Cn1cnc2c(N)ncnc21)C(=O)N[C@@H](CCCN=C(N)N)C(N)=O. The van der Waals surface area contributed by atoms with Gasteiger partial charge in [-0.05, 0) is 49.9 Å². The van der Waals surface area contributed by atoms with Crippen LogP contribution < -0.4 is 100 Å². The molecule has 0 radical (unpaired) electrons. The molecule has 0 bridgehead atoms. The highest BCUT2D eigenvalue weighted by Crippen LogP contribution is 2.16. The first kappa shape index (κ1) is 68.1. The minimum absolute atomic E-state index is 0.00969. The van der Waals surface area contributed by atoms with Gasteiger partial charge in [-0.15, -0.1) is 0 Å². The van der Waals surface area contributed by atoms with Crippen molar-refractivity contribution in [2.24, 2.45) is 38.7 Å². The number of nitrogen functional groups attached to an aromatic ring is 1. The van der Waals surface area contributed by atoms with E-state index in [4.69, 9.17) is 34.4 Å². The van der Waals surface area contributed by atoms with Crippen LogP contribution in [0, 0.1) is 0 Å². The standard InChI is InChI=1S/C54H67N25O14/c1-26(80)66-32(14-8-17-62-51(59)60)43(84)71-36(20-76-18-15-37(81)74-52(76)91)49(90)75(2)23-38(82)67-34(21-78-47(88)27-9-3-5-11-29(27)72-53(78)92)45(86)70-35(22-79-48(89)28-10-4-6-12-30(28)73-54(79)93)46(87)69-33(19-77-25-65-39-40(55)63-24-64-42(39)77)44(85)68-31(41(56)83)13-7-16-61-50(57)58/h3-6,9-12,15,18,24-25,31-36H,7-8,13-14,16-17,19-23H2,1-2H3,(H2,56,83)(H,66,80)(H,67,82)(H,68,85)(H,69,87)(H,70,86)(H,71,84)(H,72,92)(H,73,93)(H2,55,63,64)(H4,57,58,61)(H4,59,60,62)(H,74,81,91)/t31-,32-,33-,34-,35-,36-/m0/s1. The third-order valence-corrected chi connectivity index (χ3v) is 14.1. The van der Waals surface area contributed by atoms with Gasteiger partial charge in [0.15, 0.2) is 23.4 Å². The number of rotatable bonds is 30. The van der Waals surface area contributed by atoms with Crippen molar-refractivity contribution >= 4 is 98.0 Å². The lowest BCUT2D eigenvalue weighted by atomic mass is 10.1. The number of hydrogen-bond acceptors (Lipinski definition) is 20. The number of aliphatic imine (C=N–C) groups is 2. The van der Waals surface area contributed by atoms with Gasteiger partial charge in [-0.1, -0.05) is 24.3 Å². The van der Waals surface area contributed by atoms with E-state index in [1.807, 2.05) is 4.98 Å². The molecular weight excluding hydrogens is 1220 g/mol. The zero-order valence-corrected chi connectivity index (χ0v) is 49.8. The van der Waals surface area contributed by atoms with E-state index in [1.165, 1.54) is 59.4 Å². The lowest BCUT2D eigenvalue weighted by molar-refractivity contribution is -0.140. The van der Waals surface area contributed by atoms with Gasteiger partial charge in [-0.2, -0.15) is 0 Å². The highest BCUT2D eigenvalue weighted by Gasteiger charge is 2.35. The maximum atomic E-state index is 15.1. The van der Waals surface area contributed by atoms with Crippen LogP contribution in [0.2, 0.25) is 0 Å². The Hall–Kier alpha value is -12.3. The largest absolute Gasteiger partial charge is 0.382 e. The Labute approximate surface area is 521 Å². The second-order valence-electron chi connectivity index (χ2n) is 21.0. The van der Waals surface area contributed by atoms with Crippen molar-refractivity contribution in [3.05, 3.63) is 136 Å². The van der Waals surface area contributed by atoms with E-state index in [-0.39, 0.29) is 89.5 Å². The summed E-state index contributed by atoms with van der Waals surface area (Å²) >= 11 is 0.